The molecule has 2 aromatic rings. The molecule has 6 nitrogen and oxygen atoms in total. The third-order valence-electron chi connectivity index (χ3n) is 1.57. The van der Waals surface area contributed by atoms with Gasteiger partial charge in [0.15, 0.2) is 11.0 Å². The van der Waals surface area contributed by atoms with Crippen LogP contribution in [0.15, 0.2) is 34.8 Å². The molecule has 0 atom stereocenters. The van der Waals surface area contributed by atoms with E-state index in [2.05, 4.69) is 25.4 Å². The molecule has 0 aliphatic rings. The van der Waals surface area contributed by atoms with Crippen molar-refractivity contribution < 1.29 is 4.39 Å². The van der Waals surface area contributed by atoms with Gasteiger partial charge in [-0.25, -0.2) is 30.2 Å². The Hall–Kier alpha value is -1.80. The molecule has 0 aliphatic heterocycles. The predicted octanol–water partition coefficient (Wildman–Crippen LogP) is 0.842. The number of nitrogens with zero attached hydrogens (tertiary/aromatic N) is 4. The van der Waals surface area contributed by atoms with E-state index in [1.165, 1.54) is 0 Å². The third-order valence-corrected chi connectivity index (χ3v) is 2.44. The van der Waals surface area contributed by atoms with E-state index in [-0.39, 0.29) is 11.0 Å². The van der Waals surface area contributed by atoms with Gasteiger partial charge in [-0.05, 0) is 17.8 Å². The fourth-order valence-electron chi connectivity index (χ4n) is 0.917. The molecule has 0 unspecified atom stereocenters. The fraction of sp³-hybridized carbons (Fsp3) is 0. The van der Waals surface area contributed by atoms with Crippen LogP contribution < -0.4 is 11.3 Å². The first kappa shape index (κ1) is 10.7. The molecular formula is C8H7FN6S. The lowest BCUT2D eigenvalue weighted by Crippen LogP contribution is -2.11. The minimum absolute atomic E-state index is 0.120. The SMILES string of the molecule is NNc1ncc(F)c(Sc2ncccn2)n1. The van der Waals surface area contributed by atoms with E-state index in [4.69, 9.17) is 5.84 Å². The highest BCUT2D eigenvalue weighted by molar-refractivity contribution is 7.99. The van der Waals surface area contributed by atoms with E-state index in [0.29, 0.717) is 5.16 Å². The Labute approximate surface area is 94.5 Å². The van der Waals surface area contributed by atoms with Gasteiger partial charge < -0.3 is 0 Å². The van der Waals surface area contributed by atoms with Crippen molar-refractivity contribution in [2.75, 3.05) is 5.43 Å². The maximum absolute atomic E-state index is 13.3. The maximum Gasteiger partial charge on any atom is 0.238 e. The zero-order chi connectivity index (χ0) is 11.4. The Morgan fingerprint density at radius 2 is 2.00 bits per heavy atom. The Bertz CT molecular complexity index is 479. The molecule has 2 rings (SSSR count). The minimum atomic E-state index is -0.545. The molecule has 2 heterocycles. The van der Waals surface area contributed by atoms with Crippen molar-refractivity contribution in [2.45, 2.75) is 10.2 Å². The van der Waals surface area contributed by atoms with E-state index in [9.17, 15) is 4.39 Å². The lowest BCUT2D eigenvalue weighted by Gasteiger charge is -2.02. The molecule has 0 bridgehead atoms. The number of rotatable bonds is 3. The molecule has 0 aliphatic carbocycles. The van der Waals surface area contributed by atoms with Gasteiger partial charge in [0, 0.05) is 12.4 Å². The first-order valence-electron chi connectivity index (χ1n) is 4.23. The molecule has 0 saturated heterocycles. The second kappa shape index (κ2) is 4.81. The van der Waals surface area contributed by atoms with E-state index >= 15 is 0 Å². The number of hydrazine groups is 1. The van der Waals surface area contributed by atoms with Gasteiger partial charge in [-0.1, -0.05) is 0 Å². The van der Waals surface area contributed by atoms with Crippen molar-refractivity contribution in [1.82, 2.24) is 19.9 Å². The van der Waals surface area contributed by atoms with Crippen molar-refractivity contribution in [2.24, 2.45) is 5.84 Å². The molecule has 0 radical (unpaired) electrons. The zero-order valence-electron chi connectivity index (χ0n) is 7.96. The molecule has 3 N–H and O–H groups in total. The second-order valence-corrected chi connectivity index (χ2v) is 3.58. The molecule has 0 aromatic carbocycles. The molecule has 0 fully saturated rings. The average Bonchev–Trinajstić information content (AvgIpc) is 2.33. The van der Waals surface area contributed by atoms with Crippen molar-refractivity contribution in [1.29, 1.82) is 0 Å². The van der Waals surface area contributed by atoms with Crippen molar-refractivity contribution in [3.8, 4) is 0 Å². The van der Waals surface area contributed by atoms with E-state index in [1.807, 2.05) is 0 Å². The van der Waals surface area contributed by atoms with Crippen LogP contribution in [0.1, 0.15) is 0 Å². The van der Waals surface area contributed by atoms with Crippen LogP contribution in [0.2, 0.25) is 0 Å². The minimum Gasteiger partial charge on any atom is -0.292 e. The van der Waals surface area contributed by atoms with Gasteiger partial charge in [0.25, 0.3) is 0 Å². The van der Waals surface area contributed by atoms with Crippen LogP contribution in [0.25, 0.3) is 0 Å². The van der Waals surface area contributed by atoms with Crippen LogP contribution in [-0.4, -0.2) is 19.9 Å². The van der Waals surface area contributed by atoms with Gasteiger partial charge in [-0.3, -0.25) is 5.43 Å². The van der Waals surface area contributed by atoms with E-state index < -0.39 is 5.82 Å². The Morgan fingerprint density at radius 1 is 1.25 bits per heavy atom. The molecular weight excluding hydrogens is 231 g/mol. The molecule has 82 valence electrons. The smallest absolute Gasteiger partial charge is 0.238 e. The topological polar surface area (TPSA) is 89.6 Å². The number of anilines is 1. The largest absolute Gasteiger partial charge is 0.292 e. The Balaban J connectivity index is 2.27. The predicted molar refractivity (Wildman–Crippen MR) is 56.0 cm³/mol. The molecule has 8 heteroatoms. The molecule has 0 saturated carbocycles. The fourth-order valence-corrected chi connectivity index (χ4v) is 1.60. The lowest BCUT2D eigenvalue weighted by molar-refractivity contribution is 0.579. The van der Waals surface area contributed by atoms with Crippen LogP contribution in [0.4, 0.5) is 10.3 Å². The third kappa shape index (κ3) is 2.41. The highest BCUT2D eigenvalue weighted by atomic mass is 32.2. The van der Waals surface area contributed by atoms with Gasteiger partial charge in [0.2, 0.25) is 5.95 Å². The van der Waals surface area contributed by atoms with E-state index in [0.717, 1.165) is 18.0 Å². The summed E-state index contributed by atoms with van der Waals surface area (Å²) < 4.78 is 13.3. The summed E-state index contributed by atoms with van der Waals surface area (Å²) in [6.45, 7) is 0. The summed E-state index contributed by atoms with van der Waals surface area (Å²) in [5.74, 6) is 4.72. The van der Waals surface area contributed by atoms with Crippen LogP contribution in [0.5, 0.6) is 0 Å². The average molecular weight is 238 g/mol. The summed E-state index contributed by atoms with van der Waals surface area (Å²) in [6.07, 6.45) is 4.17. The first-order valence-corrected chi connectivity index (χ1v) is 5.05. The lowest BCUT2D eigenvalue weighted by atomic mass is 10.6. The number of nitrogens with two attached hydrogens (primary N) is 1. The van der Waals surface area contributed by atoms with Gasteiger partial charge in [0.05, 0.1) is 6.20 Å². The highest BCUT2D eigenvalue weighted by Crippen LogP contribution is 2.24. The number of nitrogens with one attached hydrogen (secondary N) is 1. The van der Waals surface area contributed by atoms with E-state index in [1.54, 1.807) is 18.5 Å². The summed E-state index contributed by atoms with van der Waals surface area (Å²) in [5.41, 5.74) is 2.24. The summed E-state index contributed by atoms with van der Waals surface area (Å²) in [4.78, 5) is 15.4. The first-order chi connectivity index (χ1) is 7.79. The van der Waals surface area contributed by atoms with Crippen molar-refractivity contribution in [3.05, 3.63) is 30.5 Å². The molecule has 0 amide bonds. The summed E-state index contributed by atoms with van der Waals surface area (Å²) >= 11 is 1.000. The van der Waals surface area contributed by atoms with Crippen LogP contribution in [0, 0.1) is 5.82 Å². The summed E-state index contributed by atoms with van der Waals surface area (Å²) in [6, 6.07) is 1.67. The van der Waals surface area contributed by atoms with Crippen molar-refractivity contribution >= 4 is 17.7 Å². The number of halogens is 1. The number of hydrogen-bond acceptors (Lipinski definition) is 7. The van der Waals surface area contributed by atoms with Gasteiger partial charge in [-0.15, -0.1) is 0 Å². The van der Waals surface area contributed by atoms with Crippen LogP contribution in [0.3, 0.4) is 0 Å². The quantitative estimate of drug-likeness (QED) is 0.354. The summed E-state index contributed by atoms with van der Waals surface area (Å²) in [5, 5.41) is 0.525. The molecule has 16 heavy (non-hydrogen) atoms. The Morgan fingerprint density at radius 3 is 2.69 bits per heavy atom. The van der Waals surface area contributed by atoms with Gasteiger partial charge >= 0.3 is 0 Å². The van der Waals surface area contributed by atoms with Crippen LogP contribution >= 0.6 is 11.8 Å². The summed E-state index contributed by atoms with van der Waals surface area (Å²) in [7, 11) is 0. The zero-order valence-corrected chi connectivity index (χ0v) is 8.78. The highest BCUT2D eigenvalue weighted by Gasteiger charge is 2.09. The number of aromatic nitrogens is 4. The second-order valence-electron chi connectivity index (χ2n) is 2.62. The normalized spacial score (nSPS) is 10.1. The molecule has 2 aromatic heterocycles. The number of nitrogen functional groups attached to an aromatic ring is 1. The number of hydrogen-bond donors (Lipinski definition) is 2. The van der Waals surface area contributed by atoms with Crippen LogP contribution in [-0.2, 0) is 0 Å². The van der Waals surface area contributed by atoms with Gasteiger partial charge in [-0.2, -0.15) is 0 Å². The Kier molecular flexibility index (Phi) is 3.22. The standard InChI is InChI=1S/C8H7FN6S/c9-5-4-13-7(15-10)14-6(5)16-8-11-2-1-3-12-8/h1-4H,10H2,(H,13,14,15). The molecule has 0 spiro atoms. The van der Waals surface area contributed by atoms with Gasteiger partial charge in [0.1, 0.15) is 5.03 Å². The van der Waals surface area contributed by atoms with Crippen molar-refractivity contribution in [3.63, 3.8) is 0 Å². The monoisotopic (exact) mass is 238 g/mol. The maximum atomic E-state index is 13.3.